The first-order valence-corrected chi connectivity index (χ1v) is 12.7. The molecule has 2 aromatic rings. The molecule has 3 rings (SSSR count). The van der Waals surface area contributed by atoms with Gasteiger partial charge in [-0.15, -0.1) is 0 Å². The van der Waals surface area contributed by atoms with E-state index < -0.39 is 0 Å². The van der Waals surface area contributed by atoms with Gasteiger partial charge in [0.05, 0.1) is 18.0 Å². The quantitative estimate of drug-likeness (QED) is 0.600. The number of para-hydroxylation sites is 1. The zero-order valence-electron chi connectivity index (χ0n) is 21.3. The van der Waals surface area contributed by atoms with Crippen LogP contribution in [0, 0.1) is 12.8 Å². The second-order valence-electron chi connectivity index (χ2n) is 9.92. The van der Waals surface area contributed by atoms with Gasteiger partial charge in [-0.05, 0) is 55.4 Å². The van der Waals surface area contributed by atoms with Crippen LogP contribution in [0.15, 0.2) is 48.5 Å². The van der Waals surface area contributed by atoms with E-state index in [-0.39, 0.29) is 17.9 Å². The van der Waals surface area contributed by atoms with Crippen LogP contribution >= 0.6 is 0 Å². The summed E-state index contributed by atoms with van der Waals surface area (Å²) in [5, 5.41) is 0. The molecule has 0 fully saturated rings. The van der Waals surface area contributed by atoms with Gasteiger partial charge in [-0.2, -0.15) is 0 Å². The van der Waals surface area contributed by atoms with Crippen LogP contribution in [0.1, 0.15) is 67.4 Å². The van der Waals surface area contributed by atoms with Crippen LogP contribution < -0.4 is 4.74 Å². The highest BCUT2D eigenvalue weighted by Crippen LogP contribution is 2.23. The molecule has 0 saturated heterocycles. The van der Waals surface area contributed by atoms with Gasteiger partial charge < -0.3 is 14.5 Å². The molecule has 0 unspecified atom stereocenters. The van der Waals surface area contributed by atoms with Gasteiger partial charge in [0, 0.05) is 20.1 Å². The van der Waals surface area contributed by atoms with Gasteiger partial charge in [0.2, 0.25) is 5.91 Å². The maximum absolute atomic E-state index is 13.6. The first kappa shape index (κ1) is 25.8. The second kappa shape index (κ2) is 12.6. The fourth-order valence-corrected chi connectivity index (χ4v) is 4.66. The van der Waals surface area contributed by atoms with Crippen molar-refractivity contribution in [2.45, 2.75) is 65.3 Å². The van der Waals surface area contributed by atoms with Crippen molar-refractivity contribution < 1.29 is 14.3 Å². The molecule has 5 heteroatoms. The molecule has 34 heavy (non-hydrogen) atoms. The highest BCUT2D eigenvalue weighted by atomic mass is 16.5. The van der Waals surface area contributed by atoms with Crippen LogP contribution in [-0.4, -0.2) is 54.4 Å². The highest BCUT2D eigenvalue weighted by Gasteiger charge is 2.27. The van der Waals surface area contributed by atoms with Gasteiger partial charge in [-0.25, -0.2) is 0 Å². The zero-order valence-corrected chi connectivity index (χ0v) is 21.3. The average Bonchev–Trinajstić information content (AvgIpc) is 2.81. The molecule has 0 N–H and O–H groups in total. The summed E-state index contributed by atoms with van der Waals surface area (Å²) in [6.07, 6.45) is 5.27. The standard InChI is InChI=1S/C29H40N2O3/c1-22(2)19-25-21-34-27-16-10-9-15-26(27)29(33)30(4)17-11-5-6-12-18-31(25)28(32)20-24-14-8-7-13-23(24)3/h7-10,13-16,22,25H,5-6,11-12,17-21H2,1-4H3/t25-/m0/s1. The summed E-state index contributed by atoms with van der Waals surface area (Å²) in [6.45, 7) is 8.27. The topological polar surface area (TPSA) is 49.9 Å². The SMILES string of the molecule is Cc1ccccc1CC(=O)N1CCCCCCN(C)C(=O)c2ccccc2OC[C@@H]1CC(C)C. The molecule has 1 heterocycles. The lowest BCUT2D eigenvalue weighted by atomic mass is 10.00. The number of hydrogen-bond donors (Lipinski definition) is 0. The Morgan fingerprint density at radius 1 is 1.00 bits per heavy atom. The Morgan fingerprint density at radius 2 is 1.68 bits per heavy atom. The van der Waals surface area contributed by atoms with Crippen molar-refractivity contribution in [2.24, 2.45) is 5.92 Å². The van der Waals surface area contributed by atoms with Crippen LogP contribution in [-0.2, 0) is 11.2 Å². The Labute approximate surface area is 205 Å². The van der Waals surface area contributed by atoms with Crippen LogP contribution in [0.3, 0.4) is 0 Å². The van der Waals surface area contributed by atoms with E-state index in [0.29, 0.717) is 30.3 Å². The number of amides is 2. The Morgan fingerprint density at radius 3 is 2.41 bits per heavy atom. The van der Waals surface area contributed by atoms with E-state index >= 15 is 0 Å². The molecule has 0 aliphatic carbocycles. The highest BCUT2D eigenvalue weighted by molar-refractivity contribution is 5.96. The number of carbonyl (C=O) groups is 2. The maximum atomic E-state index is 13.6. The summed E-state index contributed by atoms with van der Waals surface area (Å²) in [5.74, 6) is 1.15. The van der Waals surface area contributed by atoms with Crippen molar-refractivity contribution in [3.05, 3.63) is 65.2 Å². The smallest absolute Gasteiger partial charge is 0.257 e. The van der Waals surface area contributed by atoms with E-state index in [1.54, 1.807) is 4.90 Å². The van der Waals surface area contributed by atoms with E-state index in [0.717, 1.165) is 56.3 Å². The van der Waals surface area contributed by atoms with Gasteiger partial charge in [0.15, 0.2) is 0 Å². The summed E-state index contributed by atoms with van der Waals surface area (Å²) in [7, 11) is 1.86. The number of ether oxygens (including phenoxy) is 1. The van der Waals surface area contributed by atoms with E-state index in [1.807, 2.05) is 49.5 Å². The number of benzene rings is 2. The number of rotatable bonds is 4. The third-order valence-corrected chi connectivity index (χ3v) is 6.65. The number of hydrogen-bond acceptors (Lipinski definition) is 3. The van der Waals surface area contributed by atoms with E-state index in [4.69, 9.17) is 4.74 Å². The normalized spacial score (nSPS) is 18.3. The molecule has 2 amide bonds. The summed E-state index contributed by atoms with van der Waals surface area (Å²) in [5.41, 5.74) is 2.81. The molecule has 1 aliphatic rings. The molecular weight excluding hydrogens is 424 g/mol. The summed E-state index contributed by atoms with van der Waals surface area (Å²) in [6, 6.07) is 15.5. The Balaban J connectivity index is 1.88. The molecule has 5 nitrogen and oxygen atoms in total. The Hall–Kier alpha value is -2.82. The molecule has 1 atom stereocenters. The van der Waals surface area contributed by atoms with Crippen molar-refractivity contribution >= 4 is 11.8 Å². The number of aryl methyl sites for hydroxylation is 1. The van der Waals surface area contributed by atoms with E-state index in [2.05, 4.69) is 31.7 Å². The van der Waals surface area contributed by atoms with Gasteiger partial charge in [0.1, 0.15) is 12.4 Å². The first-order valence-electron chi connectivity index (χ1n) is 12.7. The van der Waals surface area contributed by atoms with Crippen LogP contribution in [0.5, 0.6) is 5.75 Å². The van der Waals surface area contributed by atoms with Crippen LogP contribution in [0.2, 0.25) is 0 Å². The first-order chi connectivity index (χ1) is 16.4. The number of nitrogens with zero attached hydrogens (tertiary/aromatic N) is 2. The maximum Gasteiger partial charge on any atom is 0.257 e. The van der Waals surface area contributed by atoms with E-state index in [9.17, 15) is 9.59 Å². The van der Waals surface area contributed by atoms with Crippen molar-refractivity contribution in [1.82, 2.24) is 9.80 Å². The number of fused-ring (bicyclic) bond motifs is 1. The molecule has 0 saturated carbocycles. The van der Waals surface area contributed by atoms with Crippen LogP contribution in [0.4, 0.5) is 0 Å². The lowest BCUT2D eigenvalue weighted by Gasteiger charge is -2.34. The van der Waals surface area contributed by atoms with Crippen molar-refractivity contribution in [1.29, 1.82) is 0 Å². The molecule has 0 aromatic heterocycles. The minimum atomic E-state index is -0.0413. The van der Waals surface area contributed by atoms with Crippen LogP contribution in [0.25, 0.3) is 0 Å². The number of carbonyl (C=O) groups excluding carboxylic acids is 2. The largest absolute Gasteiger partial charge is 0.491 e. The molecular formula is C29H40N2O3. The predicted octanol–water partition coefficient (Wildman–Crippen LogP) is 5.51. The summed E-state index contributed by atoms with van der Waals surface area (Å²) < 4.78 is 6.28. The lowest BCUT2D eigenvalue weighted by molar-refractivity contribution is -0.134. The zero-order chi connectivity index (χ0) is 24.5. The minimum Gasteiger partial charge on any atom is -0.491 e. The fourth-order valence-electron chi connectivity index (χ4n) is 4.66. The van der Waals surface area contributed by atoms with Gasteiger partial charge in [-0.1, -0.05) is 63.1 Å². The van der Waals surface area contributed by atoms with Crippen molar-refractivity contribution in [3.8, 4) is 5.75 Å². The van der Waals surface area contributed by atoms with Gasteiger partial charge in [-0.3, -0.25) is 9.59 Å². The van der Waals surface area contributed by atoms with Crippen molar-refractivity contribution in [3.63, 3.8) is 0 Å². The third-order valence-electron chi connectivity index (χ3n) is 6.65. The Bertz CT molecular complexity index is 956. The molecule has 0 bridgehead atoms. The average molecular weight is 465 g/mol. The lowest BCUT2D eigenvalue weighted by Crippen LogP contribution is -2.46. The minimum absolute atomic E-state index is 0.0134. The third kappa shape index (κ3) is 7.09. The summed E-state index contributed by atoms with van der Waals surface area (Å²) in [4.78, 5) is 30.5. The fraction of sp³-hybridized carbons (Fsp3) is 0.517. The molecule has 2 aromatic carbocycles. The molecule has 0 radical (unpaired) electrons. The Kier molecular flexibility index (Phi) is 9.55. The second-order valence-corrected chi connectivity index (χ2v) is 9.92. The molecule has 184 valence electrons. The monoisotopic (exact) mass is 464 g/mol. The van der Waals surface area contributed by atoms with E-state index in [1.165, 1.54) is 0 Å². The predicted molar refractivity (Wildman–Crippen MR) is 137 cm³/mol. The molecule has 1 aliphatic heterocycles. The van der Waals surface area contributed by atoms with Gasteiger partial charge in [0.25, 0.3) is 5.91 Å². The summed E-state index contributed by atoms with van der Waals surface area (Å²) >= 11 is 0. The molecule has 0 spiro atoms. The van der Waals surface area contributed by atoms with Gasteiger partial charge >= 0.3 is 0 Å². The van der Waals surface area contributed by atoms with Crippen molar-refractivity contribution in [2.75, 3.05) is 26.7 Å².